The fourth-order valence-electron chi connectivity index (χ4n) is 4.99. The van der Waals surface area contributed by atoms with Gasteiger partial charge in [0.1, 0.15) is 5.60 Å². The van der Waals surface area contributed by atoms with Crippen LogP contribution in [0.1, 0.15) is 36.0 Å². The molecular formula is C23H19ClF3NO4S. The lowest BCUT2D eigenvalue weighted by atomic mass is 9.78. The molecule has 174 valence electrons. The summed E-state index contributed by atoms with van der Waals surface area (Å²) in [6.45, 7) is 0. The van der Waals surface area contributed by atoms with Gasteiger partial charge >= 0.3 is 0 Å². The Morgan fingerprint density at radius 1 is 1.12 bits per heavy atom. The van der Waals surface area contributed by atoms with Gasteiger partial charge in [0.25, 0.3) is 5.91 Å². The molecule has 10 heteroatoms. The quantitative estimate of drug-likeness (QED) is 0.486. The number of hydrogen-bond donors (Lipinski definition) is 2. The second-order valence-electron chi connectivity index (χ2n) is 8.54. The molecule has 2 aliphatic carbocycles. The van der Waals surface area contributed by atoms with E-state index in [-0.39, 0.29) is 45.8 Å². The maximum Gasteiger partial charge on any atom is 0.255 e. The highest BCUT2D eigenvalue weighted by Crippen LogP contribution is 2.51. The number of halogens is 4. The number of benzene rings is 2. The Balaban J connectivity index is 1.64. The molecule has 33 heavy (non-hydrogen) atoms. The average molecular weight is 498 g/mol. The molecule has 0 spiro atoms. The smallest absolute Gasteiger partial charge is 0.255 e. The van der Waals surface area contributed by atoms with Gasteiger partial charge < -0.3 is 10.4 Å². The molecule has 4 rings (SSSR count). The Bertz CT molecular complexity index is 1250. The maximum absolute atomic E-state index is 13.5. The lowest BCUT2D eigenvalue weighted by Crippen LogP contribution is -2.45. The number of carbonyl (C=O) groups is 1. The van der Waals surface area contributed by atoms with E-state index in [9.17, 15) is 31.5 Å². The van der Waals surface area contributed by atoms with Gasteiger partial charge in [0.15, 0.2) is 27.3 Å². The highest BCUT2D eigenvalue weighted by atomic mass is 35.5. The van der Waals surface area contributed by atoms with E-state index in [0.29, 0.717) is 25.0 Å². The van der Waals surface area contributed by atoms with Gasteiger partial charge in [0.2, 0.25) is 0 Å². The maximum atomic E-state index is 13.5. The van der Waals surface area contributed by atoms with Gasteiger partial charge in [-0.1, -0.05) is 17.5 Å². The molecule has 2 aromatic carbocycles. The Morgan fingerprint density at radius 2 is 1.70 bits per heavy atom. The van der Waals surface area contributed by atoms with Gasteiger partial charge in [-0.05, 0) is 55.7 Å². The van der Waals surface area contributed by atoms with Crippen molar-refractivity contribution in [1.82, 2.24) is 0 Å². The number of anilines is 1. The van der Waals surface area contributed by atoms with Crippen LogP contribution in [0.5, 0.6) is 0 Å². The monoisotopic (exact) mass is 497 g/mol. The number of nitrogens with one attached hydrogen (secondary N) is 1. The van der Waals surface area contributed by atoms with E-state index < -0.39 is 44.0 Å². The van der Waals surface area contributed by atoms with Crippen molar-refractivity contribution >= 4 is 33.0 Å². The fraction of sp³-hybridized carbons (Fsp3) is 0.348. The van der Waals surface area contributed by atoms with Gasteiger partial charge in [-0.25, -0.2) is 21.6 Å². The van der Waals surface area contributed by atoms with E-state index >= 15 is 0 Å². The molecule has 5 nitrogen and oxygen atoms in total. The largest absolute Gasteiger partial charge is 0.378 e. The molecule has 2 aromatic rings. The van der Waals surface area contributed by atoms with Crippen molar-refractivity contribution in [1.29, 1.82) is 0 Å². The molecule has 0 aliphatic heterocycles. The predicted molar refractivity (Wildman–Crippen MR) is 116 cm³/mol. The van der Waals surface area contributed by atoms with Crippen molar-refractivity contribution in [2.24, 2.45) is 11.8 Å². The van der Waals surface area contributed by atoms with Crippen LogP contribution in [-0.4, -0.2) is 30.3 Å². The number of fused-ring (bicyclic) bond motifs is 2. The number of sulfone groups is 1. The van der Waals surface area contributed by atoms with Crippen LogP contribution < -0.4 is 5.32 Å². The summed E-state index contributed by atoms with van der Waals surface area (Å²) in [5.74, 6) is -3.84. The van der Waals surface area contributed by atoms with Crippen molar-refractivity contribution in [3.63, 3.8) is 0 Å². The summed E-state index contributed by atoms with van der Waals surface area (Å²) in [5, 5.41) is 11.8. The van der Waals surface area contributed by atoms with Gasteiger partial charge in [-0.3, -0.25) is 4.79 Å². The second-order valence-corrected chi connectivity index (χ2v) is 11.0. The summed E-state index contributed by atoms with van der Waals surface area (Å²) in [7, 11) is -4.00. The van der Waals surface area contributed by atoms with Crippen molar-refractivity contribution in [3.05, 3.63) is 58.4 Å². The molecule has 3 unspecified atom stereocenters. The van der Waals surface area contributed by atoms with E-state index in [1.165, 1.54) is 12.1 Å². The lowest BCUT2D eigenvalue weighted by molar-refractivity contribution is 0.0342. The predicted octanol–water partition coefficient (Wildman–Crippen LogP) is 4.34. The summed E-state index contributed by atoms with van der Waals surface area (Å²) in [6.07, 6.45) is 6.94. The first-order chi connectivity index (χ1) is 15.4. The molecule has 0 aromatic heterocycles. The van der Waals surface area contributed by atoms with Crippen LogP contribution in [-0.2, 0) is 9.84 Å². The Morgan fingerprint density at radius 3 is 2.24 bits per heavy atom. The zero-order valence-corrected chi connectivity index (χ0v) is 18.7. The summed E-state index contributed by atoms with van der Waals surface area (Å²) in [4.78, 5) is 12.4. The number of rotatable bonds is 4. The summed E-state index contributed by atoms with van der Waals surface area (Å²) in [6, 6.07) is 4.83. The average Bonchev–Trinajstić information content (AvgIpc) is 3.05. The topological polar surface area (TPSA) is 83.5 Å². The molecule has 2 N–H and O–H groups in total. The number of terminal acetylenes is 1. The van der Waals surface area contributed by atoms with Crippen molar-refractivity contribution in [3.8, 4) is 12.3 Å². The third-order valence-corrected chi connectivity index (χ3v) is 9.28. The minimum atomic E-state index is -4.00. The van der Waals surface area contributed by atoms with E-state index in [0.717, 1.165) is 6.07 Å². The van der Waals surface area contributed by atoms with Gasteiger partial charge in [0, 0.05) is 23.4 Å². The third kappa shape index (κ3) is 4.23. The minimum Gasteiger partial charge on any atom is -0.378 e. The molecule has 2 aliphatic rings. The zero-order chi connectivity index (χ0) is 24.1. The first-order valence-electron chi connectivity index (χ1n) is 10.1. The van der Waals surface area contributed by atoms with Crippen molar-refractivity contribution < 1.29 is 31.5 Å². The molecule has 0 saturated heterocycles. The summed E-state index contributed by atoms with van der Waals surface area (Å²) in [5.41, 5.74) is -1.80. The summed E-state index contributed by atoms with van der Waals surface area (Å²) >= 11 is 6.19. The van der Waals surface area contributed by atoms with Crippen LogP contribution in [0.4, 0.5) is 18.9 Å². The zero-order valence-electron chi connectivity index (χ0n) is 17.1. The van der Waals surface area contributed by atoms with E-state index in [1.54, 1.807) is 0 Å². The standard InChI is InChI=1S/C23H19ClF3NO4S/c1-2-23(30)10-13-3-4-14(11-23)21(13)33(31,32)19-7-12(5-6-16(19)24)22(29)28-15-8-17(25)20(27)18(26)9-15/h1,5-9,13-14,21,30H,3-4,10-11H2,(H,28,29)/t13-,14?,21?,23?/m0/s1. The van der Waals surface area contributed by atoms with E-state index in [1.807, 2.05) is 0 Å². The molecule has 2 saturated carbocycles. The van der Waals surface area contributed by atoms with Gasteiger partial charge in [-0.15, -0.1) is 6.42 Å². The Hall–Kier alpha value is -2.54. The molecule has 1 amide bonds. The van der Waals surface area contributed by atoms with Crippen LogP contribution >= 0.6 is 11.6 Å². The third-order valence-electron chi connectivity index (χ3n) is 6.41. The van der Waals surface area contributed by atoms with E-state index in [2.05, 4.69) is 11.2 Å². The fourth-order valence-corrected chi connectivity index (χ4v) is 7.84. The molecule has 0 radical (unpaired) electrons. The van der Waals surface area contributed by atoms with Crippen LogP contribution in [0.25, 0.3) is 0 Å². The second kappa shape index (κ2) is 8.35. The number of amides is 1. The molecular weight excluding hydrogens is 479 g/mol. The first kappa shape index (κ1) is 23.6. The highest BCUT2D eigenvalue weighted by molar-refractivity contribution is 7.92. The Kier molecular flexibility index (Phi) is 5.97. The highest BCUT2D eigenvalue weighted by Gasteiger charge is 2.54. The molecule has 2 bridgehead atoms. The van der Waals surface area contributed by atoms with Crippen LogP contribution in [0.2, 0.25) is 5.02 Å². The normalized spacial score (nSPS) is 26.6. The van der Waals surface area contributed by atoms with Crippen molar-refractivity contribution in [2.45, 2.75) is 41.4 Å². The number of hydrogen-bond acceptors (Lipinski definition) is 4. The SMILES string of the molecule is C#CC1(O)CC2CC[C@@H](C1)C2S(=O)(=O)c1cc(C(=O)Nc2cc(F)c(F)c(F)c2)ccc1Cl. The van der Waals surface area contributed by atoms with Crippen LogP contribution in [0, 0.1) is 41.6 Å². The Labute approximate surface area is 193 Å². The molecule has 0 heterocycles. The van der Waals surface area contributed by atoms with Gasteiger partial charge in [0.05, 0.1) is 15.2 Å². The molecule has 4 atom stereocenters. The van der Waals surface area contributed by atoms with Crippen LogP contribution in [0.3, 0.4) is 0 Å². The van der Waals surface area contributed by atoms with Crippen molar-refractivity contribution in [2.75, 3.05) is 5.32 Å². The number of carbonyl (C=O) groups excluding carboxylic acids is 1. The van der Waals surface area contributed by atoms with E-state index in [4.69, 9.17) is 18.0 Å². The van der Waals surface area contributed by atoms with Crippen LogP contribution in [0.15, 0.2) is 35.2 Å². The lowest BCUT2D eigenvalue weighted by Gasteiger charge is -2.38. The van der Waals surface area contributed by atoms with Gasteiger partial charge in [-0.2, -0.15) is 0 Å². The summed E-state index contributed by atoms with van der Waals surface area (Å²) < 4.78 is 67.1. The first-order valence-corrected chi connectivity index (χ1v) is 12.1. The number of aliphatic hydroxyl groups is 1. The minimum absolute atomic E-state index is 0.0809. The molecule has 2 fully saturated rings.